The first-order valence-electron chi connectivity index (χ1n) is 4.10. The summed E-state index contributed by atoms with van der Waals surface area (Å²) in [6, 6.07) is 2.97. The van der Waals surface area contributed by atoms with Crippen LogP contribution in [0.1, 0.15) is 10.4 Å². The van der Waals surface area contributed by atoms with Gasteiger partial charge in [-0.3, -0.25) is 4.98 Å². The van der Waals surface area contributed by atoms with Crippen LogP contribution in [0.4, 0.5) is 4.39 Å². The molecule has 5 heteroatoms. The summed E-state index contributed by atoms with van der Waals surface area (Å²) in [5.74, 6) is -1.46. The van der Waals surface area contributed by atoms with Gasteiger partial charge in [-0.25, -0.2) is 9.18 Å². The molecule has 0 spiro atoms. The largest absolute Gasteiger partial charge is 0.478 e. The third kappa shape index (κ3) is 1.87. The highest BCUT2D eigenvalue weighted by atomic mass is 32.1. The van der Waals surface area contributed by atoms with Crippen molar-refractivity contribution in [1.82, 2.24) is 4.98 Å². The van der Waals surface area contributed by atoms with Crippen LogP contribution in [0.2, 0.25) is 0 Å². The first kappa shape index (κ1) is 9.79. The Bertz CT molecular complexity index is 510. The van der Waals surface area contributed by atoms with Gasteiger partial charge in [-0.1, -0.05) is 0 Å². The van der Waals surface area contributed by atoms with Crippen LogP contribution < -0.4 is 0 Å². The van der Waals surface area contributed by atoms with Gasteiger partial charge in [0.1, 0.15) is 5.82 Å². The summed E-state index contributed by atoms with van der Waals surface area (Å²) in [7, 11) is 0. The maximum Gasteiger partial charge on any atom is 0.336 e. The molecule has 3 nitrogen and oxygen atoms in total. The fourth-order valence-corrected chi connectivity index (χ4v) is 2.07. The van der Waals surface area contributed by atoms with Crippen molar-refractivity contribution in [3.8, 4) is 10.4 Å². The highest BCUT2D eigenvalue weighted by Gasteiger charge is 2.10. The van der Waals surface area contributed by atoms with Crippen molar-refractivity contribution >= 4 is 17.3 Å². The zero-order valence-electron chi connectivity index (χ0n) is 7.48. The lowest BCUT2D eigenvalue weighted by Crippen LogP contribution is -1.91. The number of nitrogens with zero attached hydrogens (tertiary/aromatic N) is 1. The average molecular weight is 223 g/mol. The van der Waals surface area contributed by atoms with Gasteiger partial charge in [-0.05, 0) is 12.1 Å². The van der Waals surface area contributed by atoms with E-state index in [1.165, 1.54) is 35.0 Å². The van der Waals surface area contributed by atoms with Crippen LogP contribution in [0, 0.1) is 5.82 Å². The van der Waals surface area contributed by atoms with E-state index in [0.29, 0.717) is 10.4 Å². The van der Waals surface area contributed by atoms with Crippen LogP contribution in [0.3, 0.4) is 0 Å². The molecule has 0 aliphatic rings. The molecule has 0 saturated carbocycles. The smallest absolute Gasteiger partial charge is 0.336 e. The minimum atomic E-state index is -1.01. The van der Waals surface area contributed by atoms with E-state index in [0.717, 1.165) is 6.20 Å². The van der Waals surface area contributed by atoms with E-state index in [1.807, 2.05) is 0 Å². The number of halogens is 1. The standard InChI is InChI=1S/C10H6FNO2S/c11-8-4-12-2-1-7(8)9-3-6(5-15-9)10(13)14/h1-5H,(H,13,14). The van der Waals surface area contributed by atoms with Gasteiger partial charge in [-0.2, -0.15) is 0 Å². The van der Waals surface area contributed by atoms with Crippen molar-refractivity contribution in [1.29, 1.82) is 0 Å². The highest BCUT2D eigenvalue weighted by molar-refractivity contribution is 7.13. The minimum Gasteiger partial charge on any atom is -0.478 e. The van der Waals surface area contributed by atoms with Crippen LogP contribution in [0.25, 0.3) is 10.4 Å². The lowest BCUT2D eigenvalue weighted by atomic mass is 10.2. The van der Waals surface area contributed by atoms with Crippen molar-refractivity contribution in [2.45, 2.75) is 0 Å². The number of carboxylic acid groups (broad SMARTS) is 1. The molecule has 2 rings (SSSR count). The minimum absolute atomic E-state index is 0.172. The Morgan fingerprint density at radius 2 is 2.33 bits per heavy atom. The third-order valence-electron chi connectivity index (χ3n) is 1.88. The summed E-state index contributed by atoms with van der Waals surface area (Å²) in [6.07, 6.45) is 2.58. The number of pyridine rings is 1. The molecule has 76 valence electrons. The van der Waals surface area contributed by atoms with Gasteiger partial charge in [0.15, 0.2) is 0 Å². The second-order valence-corrected chi connectivity index (χ2v) is 3.77. The maximum absolute atomic E-state index is 13.3. The van der Waals surface area contributed by atoms with Crippen molar-refractivity contribution in [2.24, 2.45) is 0 Å². The van der Waals surface area contributed by atoms with E-state index < -0.39 is 11.8 Å². The number of rotatable bonds is 2. The molecule has 0 radical (unpaired) electrons. The summed E-state index contributed by atoms with van der Waals surface area (Å²) in [5.41, 5.74) is 0.550. The Kier molecular flexibility index (Phi) is 2.47. The van der Waals surface area contributed by atoms with Crippen LogP contribution in [0.5, 0.6) is 0 Å². The van der Waals surface area contributed by atoms with Crippen molar-refractivity contribution < 1.29 is 14.3 Å². The van der Waals surface area contributed by atoms with E-state index in [4.69, 9.17) is 5.11 Å². The number of carbonyl (C=O) groups is 1. The number of thiophene rings is 1. The lowest BCUT2D eigenvalue weighted by Gasteiger charge is -1.96. The molecule has 2 heterocycles. The zero-order valence-corrected chi connectivity index (χ0v) is 8.29. The molecule has 0 atom stereocenters. The van der Waals surface area contributed by atoms with Gasteiger partial charge in [0.25, 0.3) is 0 Å². The monoisotopic (exact) mass is 223 g/mol. The Morgan fingerprint density at radius 3 is 2.93 bits per heavy atom. The maximum atomic E-state index is 13.3. The molecule has 2 aromatic rings. The van der Waals surface area contributed by atoms with E-state index in [-0.39, 0.29) is 5.56 Å². The summed E-state index contributed by atoms with van der Waals surface area (Å²) in [4.78, 5) is 14.8. The first-order chi connectivity index (χ1) is 7.18. The number of carboxylic acids is 1. The second-order valence-electron chi connectivity index (χ2n) is 2.86. The summed E-state index contributed by atoms with van der Waals surface area (Å²) in [5, 5.41) is 10.2. The predicted octanol–water partition coefficient (Wildman–Crippen LogP) is 2.65. The van der Waals surface area contributed by atoms with Gasteiger partial charge in [-0.15, -0.1) is 11.3 Å². The van der Waals surface area contributed by atoms with E-state index in [9.17, 15) is 9.18 Å². The SMILES string of the molecule is O=C(O)c1csc(-c2ccncc2F)c1. The number of hydrogen-bond acceptors (Lipinski definition) is 3. The summed E-state index contributed by atoms with van der Waals surface area (Å²) < 4.78 is 13.3. The molecule has 0 saturated heterocycles. The normalized spacial score (nSPS) is 10.2. The summed E-state index contributed by atoms with van der Waals surface area (Å²) in [6.45, 7) is 0. The molecule has 0 fully saturated rings. The Morgan fingerprint density at radius 1 is 1.53 bits per heavy atom. The van der Waals surface area contributed by atoms with Gasteiger partial charge < -0.3 is 5.11 Å². The topological polar surface area (TPSA) is 50.2 Å². The molecule has 0 bridgehead atoms. The van der Waals surface area contributed by atoms with Crippen molar-refractivity contribution in [3.05, 3.63) is 41.3 Å². The van der Waals surface area contributed by atoms with Gasteiger partial charge in [0.2, 0.25) is 0 Å². The first-order valence-corrected chi connectivity index (χ1v) is 4.98. The Labute approximate surface area is 88.8 Å². The number of aromatic carboxylic acids is 1. The third-order valence-corrected chi connectivity index (χ3v) is 2.85. The van der Waals surface area contributed by atoms with Gasteiger partial charge in [0, 0.05) is 22.0 Å². The molecule has 0 amide bonds. The van der Waals surface area contributed by atoms with Crippen LogP contribution in [-0.2, 0) is 0 Å². The number of aromatic nitrogens is 1. The number of hydrogen-bond donors (Lipinski definition) is 1. The molecular weight excluding hydrogens is 217 g/mol. The van der Waals surface area contributed by atoms with Crippen molar-refractivity contribution in [3.63, 3.8) is 0 Å². The van der Waals surface area contributed by atoms with E-state index >= 15 is 0 Å². The molecule has 15 heavy (non-hydrogen) atoms. The Balaban J connectivity index is 2.46. The molecule has 1 N–H and O–H groups in total. The van der Waals surface area contributed by atoms with Crippen molar-refractivity contribution in [2.75, 3.05) is 0 Å². The summed E-state index contributed by atoms with van der Waals surface area (Å²) >= 11 is 1.20. The van der Waals surface area contributed by atoms with E-state index in [2.05, 4.69) is 4.98 Å². The fraction of sp³-hybridized carbons (Fsp3) is 0. The second kappa shape index (κ2) is 3.78. The van der Waals surface area contributed by atoms with Crippen LogP contribution in [0.15, 0.2) is 29.9 Å². The van der Waals surface area contributed by atoms with Crippen LogP contribution in [-0.4, -0.2) is 16.1 Å². The molecule has 0 aromatic carbocycles. The lowest BCUT2D eigenvalue weighted by molar-refractivity contribution is 0.0697. The zero-order chi connectivity index (χ0) is 10.8. The van der Waals surface area contributed by atoms with Crippen LogP contribution >= 0.6 is 11.3 Å². The average Bonchev–Trinajstić information content (AvgIpc) is 2.67. The molecule has 0 aliphatic carbocycles. The van der Waals surface area contributed by atoms with Gasteiger partial charge >= 0.3 is 5.97 Å². The predicted molar refractivity (Wildman–Crippen MR) is 54.5 cm³/mol. The van der Waals surface area contributed by atoms with Gasteiger partial charge in [0.05, 0.1) is 11.8 Å². The quantitative estimate of drug-likeness (QED) is 0.851. The Hall–Kier alpha value is -1.75. The molecule has 0 aliphatic heterocycles. The highest BCUT2D eigenvalue weighted by Crippen LogP contribution is 2.28. The molecular formula is C10H6FNO2S. The van der Waals surface area contributed by atoms with E-state index in [1.54, 1.807) is 0 Å². The molecule has 0 unspecified atom stereocenters. The fourth-order valence-electron chi connectivity index (χ4n) is 1.16. The molecule has 2 aromatic heterocycles.